The monoisotopic (exact) mass is 262 g/mol. The Hall–Kier alpha value is -2.12. The summed E-state index contributed by atoms with van der Waals surface area (Å²) in [4.78, 5) is 3.44. The summed E-state index contributed by atoms with van der Waals surface area (Å²) >= 11 is 0. The zero-order chi connectivity index (χ0) is 13.3. The number of nitrogens with zero attached hydrogens (tertiary/aromatic N) is 2. The van der Waals surface area contributed by atoms with Gasteiger partial charge in [-0.2, -0.15) is 18.2 Å². The van der Waals surface area contributed by atoms with Crippen molar-refractivity contribution in [1.82, 2.24) is 10.1 Å². The van der Waals surface area contributed by atoms with E-state index in [1.54, 1.807) is 0 Å². The first-order valence-electron chi connectivity index (χ1n) is 4.73. The maximum atomic E-state index is 13.4. The van der Waals surface area contributed by atoms with Crippen molar-refractivity contribution in [1.29, 1.82) is 0 Å². The van der Waals surface area contributed by atoms with Crippen LogP contribution in [0.5, 0.6) is 5.75 Å². The van der Waals surface area contributed by atoms with Crippen LogP contribution >= 0.6 is 0 Å². The average molecular weight is 262 g/mol. The van der Waals surface area contributed by atoms with Gasteiger partial charge in [0.2, 0.25) is 0 Å². The molecular weight excluding hydrogens is 256 g/mol. The predicted molar refractivity (Wildman–Crippen MR) is 51.1 cm³/mol. The number of phenols is 1. The van der Waals surface area contributed by atoms with Crippen LogP contribution in [0.15, 0.2) is 22.7 Å². The Labute approximate surface area is 97.9 Å². The Bertz CT molecular complexity index is 565. The lowest BCUT2D eigenvalue weighted by molar-refractivity contribution is -0.128. The lowest BCUT2D eigenvalue weighted by Gasteiger charge is -2.00. The highest BCUT2D eigenvalue weighted by molar-refractivity contribution is 5.55. The third-order valence-corrected chi connectivity index (χ3v) is 2.01. The number of aromatic nitrogens is 2. The summed E-state index contributed by atoms with van der Waals surface area (Å²) in [6.45, 7) is 0. The van der Waals surface area contributed by atoms with E-state index in [-0.39, 0.29) is 17.2 Å². The molecule has 0 atom stereocenters. The average Bonchev–Trinajstić information content (AvgIpc) is 2.63. The normalized spacial score (nSPS) is 11.8. The second-order valence-electron chi connectivity index (χ2n) is 3.47. The van der Waals surface area contributed by atoms with E-state index in [1.807, 2.05) is 0 Å². The molecule has 1 aromatic carbocycles. The van der Waals surface area contributed by atoms with Crippen molar-refractivity contribution in [2.75, 3.05) is 0 Å². The number of halogens is 4. The number of benzene rings is 1. The molecule has 0 saturated heterocycles. The van der Waals surface area contributed by atoms with Gasteiger partial charge in [-0.1, -0.05) is 5.16 Å². The summed E-state index contributed by atoms with van der Waals surface area (Å²) in [5, 5.41) is 12.1. The summed E-state index contributed by atoms with van der Waals surface area (Å²) in [6, 6.07) is 3.09. The fourth-order valence-corrected chi connectivity index (χ4v) is 1.29. The fraction of sp³-hybridized carbons (Fsp3) is 0.200. The van der Waals surface area contributed by atoms with Gasteiger partial charge in [0, 0.05) is 6.07 Å². The van der Waals surface area contributed by atoms with Crippen molar-refractivity contribution in [2.45, 2.75) is 12.6 Å². The lowest BCUT2D eigenvalue weighted by Crippen LogP contribution is -2.12. The van der Waals surface area contributed by atoms with Gasteiger partial charge in [-0.25, -0.2) is 4.39 Å². The molecule has 18 heavy (non-hydrogen) atoms. The molecule has 0 aliphatic carbocycles. The van der Waals surface area contributed by atoms with E-state index in [1.165, 1.54) is 0 Å². The molecule has 2 rings (SSSR count). The van der Waals surface area contributed by atoms with Gasteiger partial charge in [0.05, 0.1) is 5.56 Å². The molecule has 0 saturated carbocycles. The van der Waals surface area contributed by atoms with Crippen LogP contribution in [0, 0.1) is 5.82 Å². The molecule has 0 amide bonds. The molecule has 0 unspecified atom stereocenters. The number of hydrogen-bond acceptors (Lipinski definition) is 4. The van der Waals surface area contributed by atoms with Crippen LogP contribution in [-0.4, -0.2) is 21.4 Å². The Morgan fingerprint density at radius 2 is 2.00 bits per heavy atom. The maximum Gasteiger partial charge on any atom is 0.396 e. The van der Waals surface area contributed by atoms with Crippen LogP contribution in [0.25, 0.3) is 11.5 Å². The quantitative estimate of drug-likeness (QED) is 0.845. The first-order valence-corrected chi connectivity index (χ1v) is 4.73. The molecule has 8 heteroatoms. The van der Waals surface area contributed by atoms with Crippen molar-refractivity contribution < 1.29 is 27.2 Å². The Morgan fingerprint density at radius 1 is 1.28 bits per heavy atom. The predicted octanol–water partition coefficient (Wildman–Crippen LogP) is 2.69. The number of aromatic hydroxyl groups is 1. The van der Waals surface area contributed by atoms with Gasteiger partial charge in [-0.3, -0.25) is 0 Å². The molecule has 1 aromatic heterocycles. The van der Waals surface area contributed by atoms with Crippen LogP contribution in [0.1, 0.15) is 5.82 Å². The van der Waals surface area contributed by atoms with Crippen LogP contribution in [0.4, 0.5) is 17.6 Å². The third-order valence-electron chi connectivity index (χ3n) is 2.01. The van der Waals surface area contributed by atoms with Gasteiger partial charge < -0.3 is 9.63 Å². The summed E-state index contributed by atoms with van der Waals surface area (Å²) in [5.41, 5.74) is -0.172. The second-order valence-corrected chi connectivity index (χ2v) is 3.47. The van der Waals surface area contributed by atoms with E-state index in [2.05, 4.69) is 14.7 Å². The third kappa shape index (κ3) is 2.76. The maximum absolute atomic E-state index is 13.4. The van der Waals surface area contributed by atoms with Gasteiger partial charge in [0.15, 0.2) is 5.82 Å². The minimum Gasteiger partial charge on any atom is -0.508 e. The van der Waals surface area contributed by atoms with Crippen molar-refractivity contribution in [3.05, 3.63) is 29.8 Å². The highest BCUT2D eigenvalue weighted by atomic mass is 19.4. The molecule has 0 spiro atoms. The fourth-order valence-electron chi connectivity index (χ4n) is 1.29. The van der Waals surface area contributed by atoms with Crippen LogP contribution in [-0.2, 0) is 6.42 Å². The smallest absolute Gasteiger partial charge is 0.396 e. The zero-order valence-electron chi connectivity index (χ0n) is 8.70. The number of alkyl halides is 3. The van der Waals surface area contributed by atoms with Crippen molar-refractivity contribution in [2.24, 2.45) is 0 Å². The van der Waals surface area contributed by atoms with Gasteiger partial charge in [-0.15, -0.1) is 0 Å². The Kier molecular flexibility index (Phi) is 2.93. The summed E-state index contributed by atoms with van der Waals surface area (Å²) in [7, 11) is 0. The summed E-state index contributed by atoms with van der Waals surface area (Å²) < 4.78 is 54.1. The first-order chi connectivity index (χ1) is 8.35. The molecule has 0 radical (unpaired) electrons. The molecular formula is C10H6F4N2O2. The molecule has 96 valence electrons. The van der Waals surface area contributed by atoms with Crippen LogP contribution in [0.3, 0.4) is 0 Å². The Morgan fingerprint density at radius 3 is 2.61 bits per heavy atom. The van der Waals surface area contributed by atoms with E-state index in [9.17, 15) is 17.6 Å². The lowest BCUT2D eigenvalue weighted by atomic mass is 10.2. The molecule has 1 N–H and O–H groups in total. The van der Waals surface area contributed by atoms with E-state index in [4.69, 9.17) is 5.11 Å². The van der Waals surface area contributed by atoms with Crippen LogP contribution in [0.2, 0.25) is 0 Å². The minimum absolute atomic E-state index is 0.172. The van der Waals surface area contributed by atoms with E-state index in [0.717, 1.165) is 18.2 Å². The molecule has 0 aliphatic heterocycles. The molecule has 0 fully saturated rings. The van der Waals surface area contributed by atoms with Gasteiger partial charge >= 0.3 is 6.18 Å². The highest BCUT2D eigenvalue weighted by Gasteiger charge is 2.30. The summed E-state index contributed by atoms with van der Waals surface area (Å²) in [6.07, 6.45) is -5.81. The molecule has 1 heterocycles. The van der Waals surface area contributed by atoms with E-state index < -0.39 is 24.2 Å². The van der Waals surface area contributed by atoms with Crippen molar-refractivity contribution in [3.8, 4) is 17.2 Å². The SMILES string of the molecule is Oc1ccc(-c2nc(CC(F)(F)F)no2)c(F)c1. The zero-order valence-corrected chi connectivity index (χ0v) is 8.70. The first kappa shape index (κ1) is 12.3. The molecule has 4 nitrogen and oxygen atoms in total. The van der Waals surface area contributed by atoms with Gasteiger partial charge in [0.25, 0.3) is 5.89 Å². The summed E-state index contributed by atoms with van der Waals surface area (Å²) in [5.74, 6) is -2.12. The number of rotatable bonds is 2. The molecule has 0 bridgehead atoms. The standard InChI is InChI=1S/C10H6F4N2O2/c11-7-3-5(17)1-2-6(7)9-15-8(16-18-9)4-10(12,13)14/h1-3,17H,4H2. The minimum atomic E-state index is -4.46. The topological polar surface area (TPSA) is 59.2 Å². The van der Waals surface area contributed by atoms with Crippen LogP contribution < -0.4 is 0 Å². The second kappa shape index (κ2) is 4.28. The van der Waals surface area contributed by atoms with Crippen molar-refractivity contribution >= 4 is 0 Å². The van der Waals surface area contributed by atoms with E-state index >= 15 is 0 Å². The number of phenolic OH excluding ortho intramolecular Hbond substituents is 1. The molecule has 0 aliphatic rings. The highest BCUT2D eigenvalue weighted by Crippen LogP contribution is 2.26. The van der Waals surface area contributed by atoms with E-state index in [0.29, 0.717) is 0 Å². The molecule has 2 aromatic rings. The van der Waals surface area contributed by atoms with Gasteiger partial charge in [0.1, 0.15) is 18.0 Å². The Balaban J connectivity index is 2.29. The number of hydrogen-bond donors (Lipinski definition) is 1. The van der Waals surface area contributed by atoms with Gasteiger partial charge in [-0.05, 0) is 12.1 Å². The van der Waals surface area contributed by atoms with Crippen molar-refractivity contribution in [3.63, 3.8) is 0 Å². The largest absolute Gasteiger partial charge is 0.508 e.